The number of likely N-dealkylation sites (tertiary alicyclic amines) is 1. The number of nitrogens with zero attached hydrogens (tertiary/aromatic N) is 3. The third kappa shape index (κ3) is 4.91. The summed E-state index contributed by atoms with van der Waals surface area (Å²) in [5, 5.41) is 0. The van der Waals surface area contributed by atoms with Gasteiger partial charge in [0, 0.05) is 63.7 Å². The first kappa shape index (κ1) is 23.4. The average Bonchev–Trinajstić information content (AvgIpc) is 3.43. The molecule has 0 N–H and O–H groups in total. The number of rotatable bonds is 7. The second-order valence-corrected chi connectivity index (χ2v) is 9.21. The van der Waals surface area contributed by atoms with E-state index >= 15 is 0 Å². The second kappa shape index (κ2) is 10.1. The Hall–Kier alpha value is -3.33. The SMILES string of the molecule is COC(=O)c1c(OCCN2CCCC2=O)cc(=O)n2c1CCN(Cc1ccc3c(c1)CCO3)CC2. The van der Waals surface area contributed by atoms with Crippen molar-refractivity contribution in [1.29, 1.82) is 0 Å². The van der Waals surface area contributed by atoms with Gasteiger partial charge in [-0.2, -0.15) is 0 Å². The van der Waals surface area contributed by atoms with Crippen LogP contribution in [0.5, 0.6) is 11.5 Å². The number of pyridine rings is 1. The molecule has 0 unspecified atom stereocenters. The van der Waals surface area contributed by atoms with Gasteiger partial charge in [-0.05, 0) is 23.6 Å². The molecule has 9 nitrogen and oxygen atoms in total. The van der Waals surface area contributed by atoms with E-state index in [2.05, 4.69) is 17.0 Å². The van der Waals surface area contributed by atoms with Crippen LogP contribution in [-0.2, 0) is 35.5 Å². The van der Waals surface area contributed by atoms with Crippen LogP contribution in [0.2, 0.25) is 0 Å². The molecule has 1 fully saturated rings. The number of carbonyl (C=O) groups is 2. The molecule has 5 rings (SSSR count). The molecule has 0 bridgehead atoms. The number of hydrogen-bond acceptors (Lipinski definition) is 7. The molecule has 3 aliphatic heterocycles. The number of aromatic nitrogens is 1. The summed E-state index contributed by atoms with van der Waals surface area (Å²) < 4.78 is 18.2. The van der Waals surface area contributed by atoms with E-state index in [1.807, 2.05) is 6.07 Å². The molecular formula is C26H31N3O6. The summed E-state index contributed by atoms with van der Waals surface area (Å²) in [6.07, 6.45) is 2.86. The molecule has 0 aliphatic carbocycles. The van der Waals surface area contributed by atoms with E-state index in [1.165, 1.54) is 24.3 Å². The molecule has 1 amide bonds. The van der Waals surface area contributed by atoms with Gasteiger partial charge in [-0.3, -0.25) is 14.5 Å². The zero-order valence-electron chi connectivity index (χ0n) is 20.1. The highest BCUT2D eigenvalue weighted by atomic mass is 16.5. The molecule has 1 aromatic heterocycles. The van der Waals surface area contributed by atoms with Crippen molar-refractivity contribution >= 4 is 11.9 Å². The predicted octanol–water partition coefficient (Wildman–Crippen LogP) is 1.63. The molecular weight excluding hydrogens is 450 g/mol. The number of ether oxygens (including phenoxy) is 3. The largest absolute Gasteiger partial charge is 0.493 e. The number of benzene rings is 1. The molecule has 0 atom stereocenters. The van der Waals surface area contributed by atoms with Crippen molar-refractivity contribution in [3.63, 3.8) is 0 Å². The maximum Gasteiger partial charge on any atom is 0.343 e. The summed E-state index contributed by atoms with van der Waals surface area (Å²) in [5.41, 5.74) is 3.19. The fourth-order valence-electron chi connectivity index (χ4n) is 5.19. The molecule has 2 aromatic rings. The fraction of sp³-hybridized carbons (Fsp3) is 0.500. The van der Waals surface area contributed by atoms with Crippen LogP contribution in [0.3, 0.4) is 0 Å². The molecule has 1 aromatic carbocycles. The Bertz CT molecular complexity index is 1190. The van der Waals surface area contributed by atoms with Crippen LogP contribution < -0.4 is 15.0 Å². The predicted molar refractivity (Wildman–Crippen MR) is 128 cm³/mol. The van der Waals surface area contributed by atoms with E-state index < -0.39 is 5.97 Å². The zero-order valence-corrected chi connectivity index (χ0v) is 20.1. The van der Waals surface area contributed by atoms with Crippen LogP contribution in [0.25, 0.3) is 0 Å². The highest BCUT2D eigenvalue weighted by molar-refractivity contribution is 5.93. The number of amides is 1. The Kier molecular flexibility index (Phi) is 6.77. The Morgan fingerprint density at radius 1 is 1.06 bits per heavy atom. The smallest absolute Gasteiger partial charge is 0.343 e. The van der Waals surface area contributed by atoms with Crippen molar-refractivity contribution in [3.8, 4) is 11.5 Å². The van der Waals surface area contributed by atoms with Gasteiger partial charge < -0.3 is 23.7 Å². The van der Waals surface area contributed by atoms with E-state index in [4.69, 9.17) is 14.2 Å². The van der Waals surface area contributed by atoms with Crippen LogP contribution in [0.4, 0.5) is 0 Å². The van der Waals surface area contributed by atoms with Gasteiger partial charge in [0.15, 0.2) is 0 Å². The first-order chi connectivity index (χ1) is 17.0. The molecule has 9 heteroatoms. The minimum absolute atomic E-state index is 0.111. The Morgan fingerprint density at radius 3 is 2.74 bits per heavy atom. The highest BCUT2D eigenvalue weighted by Crippen LogP contribution is 2.27. The first-order valence-corrected chi connectivity index (χ1v) is 12.3. The summed E-state index contributed by atoms with van der Waals surface area (Å²) in [6, 6.07) is 7.69. The quantitative estimate of drug-likeness (QED) is 0.555. The minimum atomic E-state index is -0.520. The van der Waals surface area contributed by atoms with Gasteiger partial charge in [-0.25, -0.2) is 4.79 Å². The number of carbonyl (C=O) groups excluding carboxylic acids is 2. The standard InChI is InChI=1S/C26H31N3O6/c1-33-26(32)25-20-6-9-27(17-18-4-5-21-19(15-18)7-13-34-21)10-11-29(20)24(31)16-22(25)35-14-12-28-8-2-3-23(28)30/h4-5,15-16H,2-3,6-14,17H2,1H3. The van der Waals surface area contributed by atoms with Crippen LogP contribution in [0.15, 0.2) is 29.1 Å². The molecule has 0 radical (unpaired) electrons. The van der Waals surface area contributed by atoms with Crippen molar-refractivity contribution in [2.45, 2.75) is 38.8 Å². The highest BCUT2D eigenvalue weighted by Gasteiger charge is 2.27. The van der Waals surface area contributed by atoms with Crippen LogP contribution in [-0.4, -0.2) is 72.7 Å². The number of hydrogen-bond donors (Lipinski definition) is 0. The minimum Gasteiger partial charge on any atom is -0.493 e. The average molecular weight is 482 g/mol. The van der Waals surface area contributed by atoms with Gasteiger partial charge in [0.1, 0.15) is 23.7 Å². The lowest BCUT2D eigenvalue weighted by Gasteiger charge is -2.19. The molecule has 4 heterocycles. The molecule has 186 valence electrons. The van der Waals surface area contributed by atoms with Crippen LogP contribution in [0, 0.1) is 0 Å². The Labute approximate surface area is 204 Å². The van der Waals surface area contributed by atoms with E-state index in [-0.39, 0.29) is 23.8 Å². The van der Waals surface area contributed by atoms with E-state index in [1.54, 1.807) is 9.47 Å². The summed E-state index contributed by atoms with van der Waals surface area (Å²) in [4.78, 5) is 41.7. The summed E-state index contributed by atoms with van der Waals surface area (Å²) >= 11 is 0. The first-order valence-electron chi connectivity index (χ1n) is 12.3. The normalized spacial score (nSPS) is 17.5. The van der Waals surface area contributed by atoms with Gasteiger partial charge in [-0.15, -0.1) is 0 Å². The maximum atomic E-state index is 13.0. The second-order valence-electron chi connectivity index (χ2n) is 9.21. The van der Waals surface area contributed by atoms with Crippen molar-refractivity contribution in [2.24, 2.45) is 0 Å². The monoisotopic (exact) mass is 481 g/mol. The third-order valence-electron chi connectivity index (χ3n) is 7.03. The molecule has 35 heavy (non-hydrogen) atoms. The summed E-state index contributed by atoms with van der Waals surface area (Å²) in [6.45, 7) is 4.72. The van der Waals surface area contributed by atoms with Crippen LogP contribution in [0.1, 0.15) is 40.0 Å². The molecule has 0 saturated carbocycles. The van der Waals surface area contributed by atoms with Gasteiger partial charge in [0.05, 0.1) is 20.3 Å². The van der Waals surface area contributed by atoms with E-state index in [0.29, 0.717) is 56.8 Å². The zero-order chi connectivity index (χ0) is 24.4. The van der Waals surface area contributed by atoms with E-state index in [0.717, 1.165) is 31.7 Å². The number of fused-ring (bicyclic) bond motifs is 2. The molecule has 1 saturated heterocycles. The molecule has 3 aliphatic rings. The van der Waals surface area contributed by atoms with Crippen LogP contribution >= 0.6 is 0 Å². The van der Waals surface area contributed by atoms with Crippen molar-refractivity contribution in [1.82, 2.24) is 14.4 Å². The summed E-state index contributed by atoms with van der Waals surface area (Å²) in [7, 11) is 1.33. The van der Waals surface area contributed by atoms with Gasteiger partial charge >= 0.3 is 5.97 Å². The van der Waals surface area contributed by atoms with Crippen molar-refractivity contribution in [2.75, 3.05) is 46.5 Å². The van der Waals surface area contributed by atoms with E-state index in [9.17, 15) is 14.4 Å². The molecule has 0 spiro atoms. The Balaban J connectivity index is 1.33. The van der Waals surface area contributed by atoms with Gasteiger partial charge in [-0.1, -0.05) is 12.1 Å². The van der Waals surface area contributed by atoms with Gasteiger partial charge in [0.2, 0.25) is 5.91 Å². The summed E-state index contributed by atoms with van der Waals surface area (Å²) in [5.74, 6) is 0.785. The number of esters is 1. The fourth-order valence-corrected chi connectivity index (χ4v) is 5.19. The topological polar surface area (TPSA) is 90.3 Å². The lowest BCUT2D eigenvalue weighted by Crippen LogP contribution is -2.31. The number of methoxy groups -OCH3 is 1. The van der Waals surface area contributed by atoms with Crippen molar-refractivity contribution in [3.05, 3.63) is 57.0 Å². The third-order valence-corrected chi connectivity index (χ3v) is 7.03. The maximum absolute atomic E-state index is 13.0. The lowest BCUT2D eigenvalue weighted by molar-refractivity contribution is -0.128. The Morgan fingerprint density at radius 2 is 1.94 bits per heavy atom. The van der Waals surface area contributed by atoms with Gasteiger partial charge in [0.25, 0.3) is 5.56 Å². The lowest BCUT2D eigenvalue weighted by atomic mass is 10.1. The van der Waals surface area contributed by atoms with Crippen molar-refractivity contribution < 1.29 is 23.8 Å².